The molecule has 2 N–H and O–H groups in total. The summed E-state index contributed by atoms with van der Waals surface area (Å²) in [6.45, 7) is 2.34. The van der Waals surface area contributed by atoms with Crippen LogP contribution < -0.4 is 15.4 Å². The molecule has 2 amide bonds. The van der Waals surface area contributed by atoms with E-state index in [9.17, 15) is 9.18 Å². The Hall–Kier alpha value is -2.64. The maximum Gasteiger partial charge on any atom is 0.319 e. The van der Waals surface area contributed by atoms with Crippen LogP contribution in [0.15, 0.2) is 30.9 Å². The number of carbonyl (C=O) groups excluding carboxylic acids is 1. The number of ether oxygens (including phenoxy) is 1. The lowest BCUT2D eigenvalue weighted by Crippen LogP contribution is -2.38. The van der Waals surface area contributed by atoms with Crippen molar-refractivity contribution in [2.75, 3.05) is 5.32 Å². The molecule has 1 aliphatic rings. The van der Waals surface area contributed by atoms with Crippen LogP contribution in [0, 0.1) is 5.82 Å². The maximum atomic E-state index is 14.0. The second-order valence-electron chi connectivity index (χ2n) is 5.93. The van der Waals surface area contributed by atoms with Crippen molar-refractivity contribution < 1.29 is 13.9 Å². The molecule has 1 fully saturated rings. The van der Waals surface area contributed by atoms with Gasteiger partial charge in [-0.25, -0.2) is 14.2 Å². The number of anilines is 1. The van der Waals surface area contributed by atoms with Crippen LogP contribution in [0.4, 0.5) is 14.9 Å². The van der Waals surface area contributed by atoms with Crippen molar-refractivity contribution in [2.45, 2.75) is 44.9 Å². The van der Waals surface area contributed by atoms with Crippen molar-refractivity contribution in [1.82, 2.24) is 20.1 Å². The molecule has 0 bridgehead atoms. The van der Waals surface area contributed by atoms with Crippen LogP contribution in [0.25, 0.3) is 0 Å². The fraction of sp³-hybridized carbons (Fsp3) is 0.438. The van der Waals surface area contributed by atoms with Crippen LogP contribution in [0.2, 0.25) is 0 Å². The molecule has 1 saturated carbocycles. The highest BCUT2D eigenvalue weighted by Gasteiger charge is 2.20. The van der Waals surface area contributed by atoms with Crippen molar-refractivity contribution >= 4 is 11.7 Å². The summed E-state index contributed by atoms with van der Waals surface area (Å²) < 4.78 is 21.2. The predicted octanol–water partition coefficient (Wildman–Crippen LogP) is 2.56. The molecule has 1 aromatic carbocycles. The van der Waals surface area contributed by atoms with Gasteiger partial charge in [0.05, 0.1) is 12.6 Å². The van der Waals surface area contributed by atoms with Gasteiger partial charge < -0.3 is 15.4 Å². The average molecular weight is 333 g/mol. The Kier molecular flexibility index (Phi) is 4.93. The molecule has 1 aromatic heterocycles. The normalized spacial score (nSPS) is 15.4. The Morgan fingerprint density at radius 3 is 2.96 bits per heavy atom. The molecule has 0 spiro atoms. The smallest absolute Gasteiger partial charge is 0.319 e. The number of amides is 2. The van der Waals surface area contributed by atoms with E-state index in [1.54, 1.807) is 23.1 Å². The zero-order valence-electron chi connectivity index (χ0n) is 13.4. The SMILES string of the molecule is C[C@@H](Cn1cncn1)NC(=O)Nc1ccc(OC2CCC2)c(F)c1. The lowest BCUT2D eigenvalue weighted by molar-refractivity contribution is 0.115. The van der Waals surface area contributed by atoms with Gasteiger partial charge in [-0.2, -0.15) is 5.10 Å². The molecule has 1 aliphatic carbocycles. The van der Waals surface area contributed by atoms with E-state index in [0.717, 1.165) is 19.3 Å². The van der Waals surface area contributed by atoms with E-state index < -0.39 is 11.8 Å². The molecule has 7 nitrogen and oxygen atoms in total. The first-order valence-corrected chi connectivity index (χ1v) is 7.96. The Morgan fingerprint density at radius 1 is 1.50 bits per heavy atom. The second-order valence-corrected chi connectivity index (χ2v) is 5.93. The highest BCUT2D eigenvalue weighted by Crippen LogP contribution is 2.28. The molecule has 0 saturated heterocycles. The Morgan fingerprint density at radius 2 is 2.33 bits per heavy atom. The van der Waals surface area contributed by atoms with Gasteiger partial charge in [0.15, 0.2) is 11.6 Å². The predicted molar refractivity (Wildman–Crippen MR) is 86.3 cm³/mol. The van der Waals surface area contributed by atoms with Gasteiger partial charge in [-0.05, 0) is 38.3 Å². The van der Waals surface area contributed by atoms with Crippen LogP contribution in [0.1, 0.15) is 26.2 Å². The number of hydrogen-bond donors (Lipinski definition) is 2. The van der Waals surface area contributed by atoms with E-state index >= 15 is 0 Å². The van der Waals surface area contributed by atoms with Crippen LogP contribution >= 0.6 is 0 Å². The first-order valence-electron chi connectivity index (χ1n) is 7.96. The quantitative estimate of drug-likeness (QED) is 0.851. The van der Waals surface area contributed by atoms with Crippen LogP contribution in [-0.4, -0.2) is 32.9 Å². The molecule has 0 unspecified atom stereocenters. The van der Waals surface area contributed by atoms with E-state index in [0.29, 0.717) is 12.2 Å². The highest BCUT2D eigenvalue weighted by atomic mass is 19.1. The number of halogens is 1. The van der Waals surface area contributed by atoms with E-state index in [-0.39, 0.29) is 17.9 Å². The molecule has 0 aliphatic heterocycles. The van der Waals surface area contributed by atoms with Crippen LogP contribution in [0.3, 0.4) is 0 Å². The number of hydrogen-bond acceptors (Lipinski definition) is 4. The summed E-state index contributed by atoms with van der Waals surface area (Å²) in [5.41, 5.74) is 0.374. The van der Waals surface area contributed by atoms with Crippen molar-refractivity contribution in [3.63, 3.8) is 0 Å². The lowest BCUT2D eigenvalue weighted by Gasteiger charge is -2.26. The maximum absolute atomic E-state index is 14.0. The minimum absolute atomic E-state index is 0.110. The van der Waals surface area contributed by atoms with Crippen molar-refractivity contribution in [3.8, 4) is 5.75 Å². The third-order valence-corrected chi connectivity index (χ3v) is 3.84. The zero-order valence-corrected chi connectivity index (χ0v) is 13.4. The number of benzene rings is 1. The molecular formula is C16H20FN5O2. The van der Waals surface area contributed by atoms with Crippen LogP contribution in [-0.2, 0) is 6.54 Å². The van der Waals surface area contributed by atoms with Gasteiger partial charge in [0, 0.05) is 17.8 Å². The first kappa shape index (κ1) is 16.2. The van der Waals surface area contributed by atoms with Crippen molar-refractivity contribution in [1.29, 1.82) is 0 Å². The number of nitrogens with zero attached hydrogens (tertiary/aromatic N) is 3. The summed E-state index contributed by atoms with van der Waals surface area (Å²) in [6, 6.07) is 3.86. The van der Waals surface area contributed by atoms with Gasteiger partial charge in [-0.1, -0.05) is 0 Å². The molecule has 3 rings (SSSR count). The minimum atomic E-state index is -0.477. The van der Waals surface area contributed by atoms with Gasteiger partial charge in [-0.3, -0.25) is 4.68 Å². The summed E-state index contributed by atoms with van der Waals surface area (Å²) >= 11 is 0. The highest BCUT2D eigenvalue weighted by molar-refractivity contribution is 5.89. The van der Waals surface area contributed by atoms with E-state index in [1.807, 2.05) is 6.92 Å². The summed E-state index contributed by atoms with van der Waals surface area (Å²) in [5.74, 6) is -0.249. The summed E-state index contributed by atoms with van der Waals surface area (Å²) in [5, 5.41) is 9.34. The Bertz CT molecular complexity index is 688. The fourth-order valence-electron chi connectivity index (χ4n) is 2.39. The number of urea groups is 1. The number of rotatable bonds is 6. The van der Waals surface area contributed by atoms with Gasteiger partial charge in [0.25, 0.3) is 0 Å². The van der Waals surface area contributed by atoms with Gasteiger partial charge in [0.1, 0.15) is 12.7 Å². The van der Waals surface area contributed by atoms with Gasteiger partial charge in [-0.15, -0.1) is 0 Å². The van der Waals surface area contributed by atoms with Gasteiger partial charge in [0.2, 0.25) is 0 Å². The summed E-state index contributed by atoms with van der Waals surface area (Å²) in [4.78, 5) is 15.8. The monoisotopic (exact) mass is 333 g/mol. The molecule has 24 heavy (non-hydrogen) atoms. The minimum Gasteiger partial charge on any atom is -0.487 e. The summed E-state index contributed by atoms with van der Waals surface area (Å²) in [6.07, 6.45) is 6.17. The molecule has 1 heterocycles. The number of carbonyl (C=O) groups is 1. The van der Waals surface area contributed by atoms with E-state index in [2.05, 4.69) is 20.7 Å². The fourth-order valence-corrected chi connectivity index (χ4v) is 2.39. The molecule has 8 heteroatoms. The molecule has 128 valence electrons. The lowest BCUT2D eigenvalue weighted by atomic mass is 9.96. The topological polar surface area (TPSA) is 81.1 Å². The summed E-state index contributed by atoms with van der Waals surface area (Å²) in [7, 11) is 0. The zero-order chi connectivity index (χ0) is 16.9. The second kappa shape index (κ2) is 7.29. The van der Waals surface area contributed by atoms with Crippen molar-refractivity contribution in [3.05, 3.63) is 36.7 Å². The molecule has 1 atom stereocenters. The van der Waals surface area contributed by atoms with Crippen molar-refractivity contribution in [2.24, 2.45) is 0 Å². The Balaban J connectivity index is 1.51. The molecule has 0 radical (unpaired) electrons. The molecular weight excluding hydrogens is 313 g/mol. The number of aromatic nitrogens is 3. The van der Waals surface area contributed by atoms with E-state index in [4.69, 9.17) is 4.74 Å². The average Bonchev–Trinajstić information content (AvgIpc) is 2.97. The third-order valence-electron chi connectivity index (χ3n) is 3.84. The molecule has 2 aromatic rings. The van der Waals surface area contributed by atoms with E-state index in [1.165, 1.54) is 12.4 Å². The largest absolute Gasteiger partial charge is 0.487 e. The standard InChI is InChI=1S/C16H20FN5O2/c1-11(8-22-10-18-9-19-22)20-16(23)21-12-5-6-15(14(17)7-12)24-13-3-2-4-13/h5-7,9-11,13H,2-4,8H2,1H3,(H2,20,21,23)/t11-/m0/s1. The van der Waals surface area contributed by atoms with Gasteiger partial charge >= 0.3 is 6.03 Å². The third kappa shape index (κ3) is 4.21. The van der Waals surface area contributed by atoms with Crippen LogP contribution in [0.5, 0.6) is 5.75 Å². The number of nitrogens with one attached hydrogen (secondary N) is 2. The Labute approximate surface area is 139 Å². The first-order chi connectivity index (χ1) is 11.6.